The highest BCUT2D eigenvalue weighted by Gasteiger charge is 2.39. The standard InChI is InChI=1S/C14H12BrNO4/c15-10-3-1-2-9-12(10)16(14(19)13(9)18)6-11(17)8-4-5-20-7-8/h1-3,8H,4-7H2. The normalized spacial score (nSPS) is 21.4. The van der Waals surface area contributed by atoms with Gasteiger partial charge in [-0.05, 0) is 34.5 Å². The van der Waals surface area contributed by atoms with Gasteiger partial charge in [0.15, 0.2) is 5.78 Å². The van der Waals surface area contributed by atoms with Crippen LogP contribution in [0.25, 0.3) is 0 Å². The largest absolute Gasteiger partial charge is 0.381 e. The predicted octanol–water partition coefficient (Wildman–Crippen LogP) is 1.58. The fourth-order valence-corrected chi connectivity index (χ4v) is 3.12. The van der Waals surface area contributed by atoms with Crippen LogP contribution in [0.1, 0.15) is 16.8 Å². The molecule has 1 saturated heterocycles. The highest BCUT2D eigenvalue weighted by atomic mass is 79.9. The summed E-state index contributed by atoms with van der Waals surface area (Å²) in [5.74, 6) is -1.44. The lowest BCUT2D eigenvalue weighted by Crippen LogP contribution is -2.37. The number of hydrogen-bond donors (Lipinski definition) is 0. The molecule has 20 heavy (non-hydrogen) atoms. The first-order chi connectivity index (χ1) is 9.59. The number of fused-ring (bicyclic) bond motifs is 1. The van der Waals surface area contributed by atoms with Gasteiger partial charge in [0, 0.05) is 17.0 Å². The molecule has 2 heterocycles. The molecule has 1 aromatic rings. The number of amides is 1. The Balaban J connectivity index is 1.89. The number of hydrogen-bond acceptors (Lipinski definition) is 4. The number of ether oxygens (including phenoxy) is 1. The molecule has 0 aromatic heterocycles. The van der Waals surface area contributed by atoms with Gasteiger partial charge in [-0.1, -0.05) is 6.07 Å². The maximum Gasteiger partial charge on any atom is 0.299 e. The number of nitrogens with zero attached hydrogens (tertiary/aromatic N) is 1. The van der Waals surface area contributed by atoms with E-state index in [0.717, 1.165) is 0 Å². The van der Waals surface area contributed by atoms with Crippen LogP contribution in [0.15, 0.2) is 22.7 Å². The van der Waals surface area contributed by atoms with Crippen LogP contribution in [-0.4, -0.2) is 37.2 Å². The molecule has 1 unspecified atom stereocenters. The van der Waals surface area contributed by atoms with Crippen LogP contribution in [0.3, 0.4) is 0 Å². The first-order valence-electron chi connectivity index (χ1n) is 6.34. The molecule has 0 bridgehead atoms. The second-order valence-electron chi connectivity index (χ2n) is 4.88. The van der Waals surface area contributed by atoms with Gasteiger partial charge in [-0.2, -0.15) is 0 Å². The summed E-state index contributed by atoms with van der Waals surface area (Å²) in [7, 11) is 0. The molecule has 1 atom stereocenters. The molecule has 1 aromatic carbocycles. The third-order valence-electron chi connectivity index (χ3n) is 3.64. The van der Waals surface area contributed by atoms with Crippen molar-refractivity contribution in [2.24, 2.45) is 5.92 Å². The molecule has 0 N–H and O–H groups in total. The zero-order chi connectivity index (χ0) is 14.3. The zero-order valence-electron chi connectivity index (χ0n) is 10.6. The summed E-state index contributed by atoms with van der Waals surface area (Å²) in [6, 6.07) is 5.05. The van der Waals surface area contributed by atoms with Crippen LogP contribution in [0, 0.1) is 5.92 Å². The van der Waals surface area contributed by atoms with E-state index in [2.05, 4.69) is 15.9 Å². The molecular formula is C14H12BrNO4. The van der Waals surface area contributed by atoms with E-state index in [9.17, 15) is 14.4 Å². The highest BCUT2D eigenvalue weighted by molar-refractivity contribution is 9.10. The summed E-state index contributed by atoms with van der Waals surface area (Å²) in [6.07, 6.45) is 0.678. The monoisotopic (exact) mass is 337 g/mol. The number of para-hydroxylation sites is 1. The highest BCUT2D eigenvalue weighted by Crippen LogP contribution is 2.36. The van der Waals surface area contributed by atoms with Gasteiger partial charge in [-0.25, -0.2) is 0 Å². The minimum absolute atomic E-state index is 0.0627. The molecule has 0 radical (unpaired) electrons. The van der Waals surface area contributed by atoms with Gasteiger partial charge in [0.2, 0.25) is 0 Å². The summed E-state index contributed by atoms with van der Waals surface area (Å²) in [6.45, 7) is 0.898. The number of carbonyl (C=O) groups excluding carboxylic acids is 3. The van der Waals surface area contributed by atoms with Gasteiger partial charge < -0.3 is 4.74 Å². The summed E-state index contributed by atoms with van der Waals surface area (Å²) in [5.41, 5.74) is 0.842. The Morgan fingerprint density at radius 1 is 1.40 bits per heavy atom. The summed E-state index contributed by atoms with van der Waals surface area (Å²) >= 11 is 3.33. The third-order valence-corrected chi connectivity index (χ3v) is 4.28. The first kappa shape index (κ1) is 13.5. The van der Waals surface area contributed by atoms with Crippen molar-refractivity contribution in [2.75, 3.05) is 24.7 Å². The fraction of sp³-hybridized carbons (Fsp3) is 0.357. The van der Waals surface area contributed by atoms with Crippen LogP contribution < -0.4 is 4.90 Å². The van der Waals surface area contributed by atoms with Crippen molar-refractivity contribution in [3.63, 3.8) is 0 Å². The van der Waals surface area contributed by atoms with E-state index in [1.807, 2.05) is 0 Å². The molecule has 1 fully saturated rings. The Kier molecular flexibility index (Phi) is 3.43. The number of rotatable bonds is 3. The molecule has 2 aliphatic heterocycles. The second kappa shape index (κ2) is 5.10. The average Bonchev–Trinajstić information content (AvgIpc) is 3.03. The van der Waals surface area contributed by atoms with E-state index in [1.54, 1.807) is 18.2 Å². The van der Waals surface area contributed by atoms with E-state index >= 15 is 0 Å². The van der Waals surface area contributed by atoms with Gasteiger partial charge in [0.25, 0.3) is 11.7 Å². The smallest absolute Gasteiger partial charge is 0.299 e. The Labute approximate surface area is 124 Å². The van der Waals surface area contributed by atoms with Gasteiger partial charge in [-0.15, -0.1) is 0 Å². The van der Waals surface area contributed by atoms with Crippen LogP contribution in [0.5, 0.6) is 0 Å². The first-order valence-corrected chi connectivity index (χ1v) is 7.14. The van der Waals surface area contributed by atoms with E-state index in [4.69, 9.17) is 4.74 Å². The van der Waals surface area contributed by atoms with Crippen LogP contribution >= 0.6 is 15.9 Å². The van der Waals surface area contributed by atoms with Crippen LogP contribution in [0.2, 0.25) is 0 Å². The lowest BCUT2D eigenvalue weighted by Gasteiger charge is -2.18. The Hall–Kier alpha value is -1.53. The lowest BCUT2D eigenvalue weighted by molar-refractivity contribution is -0.123. The Morgan fingerprint density at radius 2 is 2.20 bits per heavy atom. The number of ketones is 2. The lowest BCUT2D eigenvalue weighted by atomic mass is 10.0. The number of carbonyl (C=O) groups is 3. The minimum atomic E-state index is -0.640. The van der Waals surface area contributed by atoms with Crippen molar-refractivity contribution >= 4 is 39.1 Å². The maximum atomic E-state index is 12.2. The van der Waals surface area contributed by atoms with Crippen molar-refractivity contribution < 1.29 is 19.1 Å². The number of benzene rings is 1. The third kappa shape index (κ3) is 2.09. The van der Waals surface area contributed by atoms with Crippen molar-refractivity contribution in [3.05, 3.63) is 28.2 Å². The summed E-state index contributed by atoms with van der Waals surface area (Å²) in [5, 5.41) is 0. The van der Waals surface area contributed by atoms with Crippen LogP contribution in [0.4, 0.5) is 5.69 Å². The number of Topliss-reactive ketones (excluding diaryl/α,β-unsaturated/α-hetero) is 2. The Morgan fingerprint density at radius 3 is 2.90 bits per heavy atom. The summed E-state index contributed by atoms with van der Waals surface area (Å²) in [4.78, 5) is 37.4. The van der Waals surface area contributed by atoms with Crippen molar-refractivity contribution in [1.29, 1.82) is 0 Å². The number of halogens is 1. The van der Waals surface area contributed by atoms with E-state index in [0.29, 0.717) is 35.4 Å². The molecule has 6 heteroatoms. The van der Waals surface area contributed by atoms with Crippen molar-refractivity contribution in [2.45, 2.75) is 6.42 Å². The molecule has 0 aliphatic carbocycles. The average molecular weight is 338 g/mol. The minimum Gasteiger partial charge on any atom is -0.381 e. The molecular weight excluding hydrogens is 326 g/mol. The quantitative estimate of drug-likeness (QED) is 0.785. The second-order valence-corrected chi connectivity index (χ2v) is 5.74. The molecule has 0 saturated carbocycles. The van der Waals surface area contributed by atoms with Gasteiger partial charge in [0.1, 0.15) is 0 Å². The molecule has 1 amide bonds. The van der Waals surface area contributed by atoms with Gasteiger partial charge in [-0.3, -0.25) is 19.3 Å². The molecule has 104 valence electrons. The van der Waals surface area contributed by atoms with Gasteiger partial charge in [0.05, 0.1) is 24.4 Å². The van der Waals surface area contributed by atoms with Crippen molar-refractivity contribution in [3.8, 4) is 0 Å². The van der Waals surface area contributed by atoms with Crippen molar-refractivity contribution in [1.82, 2.24) is 0 Å². The van der Waals surface area contributed by atoms with E-state index in [-0.39, 0.29) is 18.2 Å². The molecule has 3 rings (SSSR count). The van der Waals surface area contributed by atoms with Gasteiger partial charge >= 0.3 is 0 Å². The maximum absolute atomic E-state index is 12.2. The molecule has 5 nitrogen and oxygen atoms in total. The topological polar surface area (TPSA) is 63.7 Å². The molecule has 0 spiro atoms. The Bertz CT molecular complexity index is 607. The van der Waals surface area contributed by atoms with Crippen LogP contribution in [-0.2, 0) is 14.3 Å². The SMILES string of the molecule is O=C1C(=O)N(CC(=O)C2CCOC2)c2c(Br)cccc21. The van der Waals surface area contributed by atoms with E-state index in [1.165, 1.54) is 4.90 Å². The zero-order valence-corrected chi connectivity index (χ0v) is 12.2. The summed E-state index contributed by atoms with van der Waals surface area (Å²) < 4.78 is 5.83. The fourth-order valence-electron chi connectivity index (χ4n) is 2.54. The number of anilines is 1. The predicted molar refractivity (Wildman–Crippen MR) is 74.8 cm³/mol. The van der Waals surface area contributed by atoms with E-state index < -0.39 is 11.7 Å². The molecule has 2 aliphatic rings.